The van der Waals surface area contributed by atoms with Crippen molar-refractivity contribution in [2.24, 2.45) is 17.8 Å². The molecule has 1 saturated heterocycles. The summed E-state index contributed by atoms with van der Waals surface area (Å²) in [6.07, 6.45) is 3.83. The quantitative estimate of drug-likeness (QED) is 0.680. The number of nitrogens with zero attached hydrogens (tertiary/aromatic N) is 2. The monoisotopic (exact) mass is 367 g/mol. The van der Waals surface area contributed by atoms with E-state index in [4.69, 9.17) is 0 Å². The Balaban J connectivity index is 2.86. The van der Waals surface area contributed by atoms with Crippen molar-refractivity contribution < 1.29 is 14.4 Å². The maximum atomic E-state index is 12.8. The smallest absolute Gasteiger partial charge is 0.225 e. The normalized spacial score (nSPS) is 17.7. The van der Waals surface area contributed by atoms with Crippen LogP contribution in [-0.2, 0) is 14.4 Å². The Morgan fingerprint density at radius 1 is 1.00 bits per heavy atom. The highest BCUT2D eigenvalue weighted by molar-refractivity contribution is 5.83. The Hall–Kier alpha value is -1.59. The minimum atomic E-state index is -0.326. The molecule has 0 aromatic rings. The summed E-state index contributed by atoms with van der Waals surface area (Å²) in [7, 11) is 3.46. The van der Waals surface area contributed by atoms with Gasteiger partial charge in [-0.15, -0.1) is 0 Å². The summed E-state index contributed by atoms with van der Waals surface area (Å²) in [6.45, 7) is 9.37. The molecule has 0 bridgehead atoms. The molecule has 0 aromatic carbocycles. The lowest BCUT2D eigenvalue weighted by Gasteiger charge is -2.28. The zero-order valence-corrected chi connectivity index (χ0v) is 17.4. The van der Waals surface area contributed by atoms with Crippen molar-refractivity contribution in [3.8, 4) is 0 Å². The van der Waals surface area contributed by atoms with Crippen LogP contribution in [0.5, 0.6) is 0 Å². The molecule has 1 rings (SSSR count). The molecule has 0 spiro atoms. The van der Waals surface area contributed by atoms with Crippen LogP contribution in [-0.4, -0.2) is 60.7 Å². The van der Waals surface area contributed by atoms with Crippen LogP contribution in [0.1, 0.15) is 59.8 Å². The average molecular weight is 368 g/mol. The van der Waals surface area contributed by atoms with Gasteiger partial charge in [0.2, 0.25) is 17.7 Å². The first-order chi connectivity index (χ1) is 12.2. The number of hydrogen-bond acceptors (Lipinski definition) is 3. The third kappa shape index (κ3) is 6.61. The topological polar surface area (TPSA) is 69.7 Å². The Morgan fingerprint density at radius 3 is 2.04 bits per heavy atom. The van der Waals surface area contributed by atoms with E-state index >= 15 is 0 Å². The molecule has 1 N–H and O–H groups in total. The molecule has 0 aromatic heterocycles. The molecule has 1 heterocycles. The minimum Gasteiger partial charge on any atom is -0.354 e. The van der Waals surface area contributed by atoms with E-state index in [-0.39, 0.29) is 41.5 Å². The largest absolute Gasteiger partial charge is 0.354 e. The van der Waals surface area contributed by atoms with E-state index in [9.17, 15) is 14.4 Å². The van der Waals surface area contributed by atoms with E-state index < -0.39 is 0 Å². The number of likely N-dealkylation sites (tertiary alicyclic amines) is 1. The van der Waals surface area contributed by atoms with Crippen LogP contribution >= 0.6 is 0 Å². The predicted molar refractivity (Wildman–Crippen MR) is 103 cm³/mol. The third-order valence-corrected chi connectivity index (χ3v) is 5.13. The molecule has 26 heavy (non-hydrogen) atoms. The molecule has 3 atom stereocenters. The fraction of sp³-hybridized carbons (Fsp3) is 0.850. The molecule has 3 unspecified atom stereocenters. The second-order valence-corrected chi connectivity index (χ2v) is 8.10. The summed E-state index contributed by atoms with van der Waals surface area (Å²) in [5.41, 5.74) is 0. The Labute approximate surface area is 158 Å². The van der Waals surface area contributed by atoms with Gasteiger partial charge < -0.3 is 15.1 Å². The lowest BCUT2D eigenvalue weighted by Crippen LogP contribution is -2.41. The van der Waals surface area contributed by atoms with E-state index in [1.54, 1.807) is 19.0 Å². The van der Waals surface area contributed by atoms with Gasteiger partial charge in [-0.3, -0.25) is 14.4 Å². The lowest BCUT2D eigenvalue weighted by atomic mass is 9.84. The van der Waals surface area contributed by atoms with Crippen molar-refractivity contribution in [2.45, 2.75) is 65.8 Å². The maximum absolute atomic E-state index is 12.8. The summed E-state index contributed by atoms with van der Waals surface area (Å²) in [4.78, 5) is 41.3. The first kappa shape index (κ1) is 22.5. The van der Waals surface area contributed by atoms with Crippen molar-refractivity contribution in [3.63, 3.8) is 0 Å². The summed E-state index contributed by atoms with van der Waals surface area (Å²) >= 11 is 0. The zero-order valence-electron chi connectivity index (χ0n) is 17.4. The van der Waals surface area contributed by atoms with Crippen LogP contribution in [0.15, 0.2) is 0 Å². The van der Waals surface area contributed by atoms with Crippen LogP contribution in [0.3, 0.4) is 0 Å². The first-order valence-corrected chi connectivity index (χ1v) is 9.97. The number of hydrogen-bond donors (Lipinski definition) is 1. The second kappa shape index (κ2) is 10.5. The van der Waals surface area contributed by atoms with Gasteiger partial charge in [-0.25, -0.2) is 0 Å². The van der Waals surface area contributed by atoms with Crippen LogP contribution in [0, 0.1) is 17.8 Å². The van der Waals surface area contributed by atoms with Crippen LogP contribution in [0.2, 0.25) is 0 Å². The molecule has 0 radical (unpaired) electrons. The number of amides is 3. The lowest BCUT2D eigenvalue weighted by molar-refractivity contribution is -0.136. The molecule has 3 amide bonds. The Kier molecular flexibility index (Phi) is 9.09. The highest BCUT2D eigenvalue weighted by Gasteiger charge is 2.32. The number of nitrogens with one attached hydrogen (secondary N) is 1. The van der Waals surface area contributed by atoms with Crippen molar-refractivity contribution in [2.75, 3.05) is 27.2 Å². The van der Waals surface area contributed by atoms with E-state index in [2.05, 4.69) is 5.32 Å². The standard InChI is InChI=1S/C20H37N3O3/c1-7-16(20(26)23-10-8-9-11-23)13-17(18(24)21-14(2)3)12-15(4)19(25)22(5)6/h14-17H,7-13H2,1-6H3,(H,21,24). The van der Waals surface area contributed by atoms with Gasteiger partial charge in [-0.2, -0.15) is 0 Å². The second-order valence-electron chi connectivity index (χ2n) is 8.10. The van der Waals surface area contributed by atoms with Gasteiger partial charge in [0, 0.05) is 51.0 Å². The average Bonchev–Trinajstić information content (AvgIpc) is 3.10. The van der Waals surface area contributed by atoms with Crippen LogP contribution in [0.4, 0.5) is 0 Å². The summed E-state index contributed by atoms with van der Waals surface area (Å²) in [5.74, 6) is -0.589. The van der Waals surface area contributed by atoms with Gasteiger partial charge in [0.15, 0.2) is 0 Å². The van der Waals surface area contributed by atoms with Crippen molar-refractivity contribution >= 4 is 17.7 Å². The third-order valence-electron chi connectivity index (χ3n) is 5.13. The van der Waals surface area contributed by atoms with E-state index in [0.717, 1.165) is 32.4 Å². The Bertz CT molecular complexity index is 485. The molecule has 1 fully saturated rings. The molecule has 0 aliphatic carbocycles. The number of carbonyl (C=O) groups excluding carboxylic acids is 3. The summed E-state index contributed by atoms with van der Waals surface area (Å²) in [5, 5.41) is 2.97. The molecule has 6 nitrogen and oxygen atoms in total. The molecule has 1 aliphatic rings. The van der Waals surface area contributed by atoms with E-state index in [1.165, 1.54) is 0 Å². The molecule has 6 heteroatoms. The highest BCUT2D eigenvalue weighted by atomic mass is 16.2. The van der Waals surface area contributed by atoms with Crippen molar-refractivity contribution in [3.05, 3.63) is 0 Å². The number of rotatable bonds is 9. The van der Waals surface area contributed by atoms with E-state index in [1.807, 2.05) is 32.6 Å². The first-order valence-electron chi connectivity index (χ1n) is 9.97. The van der Waals surface area contributed by atoms with Crippen LogP contribution in [0.25, 0.3) is 0 Å². The van der Waals surface area contributed by atoms with Crippen molar-refractivity contribution in [1.29, 1.82) is 0 Å². The summed E-state index contributed by atoms with van der Waals surface area (Å²) in [6, 6.07) is 0.0409. The molecular formula is C20H37N3O3. The number of carbonyl (C=O) groups is 3. The molecule has 1 aliphatic heterocycles. The maximum Gasteiger partial charge on any atom is 0.225 e. The molecule has 150 valence electrons. The summed E-state index contributed by atoms with van der Waals surface area (Å²) < 4.78 is 0. The zero-order chi connectivity index (χ0) is 19.9. The van der Waals surface area contributed by atoms with Crippen molar-refractivity contribution in [1.82, 2.24) is 15.1 Å². The molecule has 0 saturated carbocycles. The fourth-order valence-corrected chi connectivity index (χ4v) is 3.66. The molecular weight excluding hydrogens is 330 g/mol. The minimum absolute atomic E-state index is 0.0197. The predicted octanol–water partition coefficient (Wildman–Crippen LogP) is 2.28. The van der Waals surface area contributed by atoms with Gasteiger partial charge in [-0.05, 0) is 46.0 Å². The fourth-order valence-electron chi connectivity index (χ4n) is 3.66. The van der Waals surface area contributed by atoms with Gasteiger partial charge in [0.1, 0.15) is 0 Å². The van der Waals surface area contributed by atoms with Gasteiger partial charge >= 0.3 is 0 Å². The van der Waals surface area contributed by atoms with Gasteiger partial charge in [0.25, 0.3) is 0 Å². The van der Waals surface area contributed by atoms with E-state index in [0.29, 0.717) is 12.8 Å². The Morgan fingerprint density at radius 2 is 1.58 bits per heavy atom. The van der Waals surface area contributed by atoms with Crippen LogP contribution < -0.4 is 5.32 Å². The van der Waals surface area contributed by atoms with Gasteiger partial charge in [-0.1, -0.05) is 13.8 Å². The highest BCUT2D eigenvalue weighted by Crippen LogP contribution is 2.26. The SMILES string of the molecule is CCC(CC(CC(C)C(=O)N(C)C)C(=O)NC(C)C)C(=O)N1CCCC1. The van der Waals surface area contributed by atoms with Gasteiger partial charge in [0.05, 0.1) is 0 Å².